The zero-order chi connectivity index (χ0) is 24.3. The summed E-state index contributed by atoms with van der Waals surface area (Å²) >= 11 is 0. The minimum Gasteiger partial charge on any atom is -0.405 e. The minimum atomic E-state index is -4.93. The number of benzene rings is 3. The number of nitrogens with two attached hydrogens (primary N) is 1. The van der Waals surface area contributed by atoms with Gasteiger partial charge in [0, 0.05) is 29.7 Å². The van der Waals surface area contributed by atoms with Crippen LogP contribution in [-0.2, 0) is 6.42 Å². The largest absolute Gasteiger partial charge is 0.573 e. The van der Waals surface area contributed by atoms with Gasteiger partial charge in [0.05, 0.1) is 5.56 Å². The van der Waals surface area contributed by atoms with Crippen LogP contribution >= 0.6 is 0 Å². The number of amides is 1. The van der Waals surface area contributed by atoms with E-state index in [1.165, 1.54) is 12.1 Å². The molecular formula is C26H24F3N3O2. The van der Waals surface area contributed by atoms with Gasteiger partial charge in [0.2, 0.25) is 0 Å². The first kappa shape index (κ1) is 23.4. The van der Waals surface area contributed by atoms with Gasteiger partial charge in [-0.3, -0.25) is 4.79 Å². The van der Waals surface area contributed by atoms with Gasteiger partial charge in [0.15, 0.2) is 0 Å². The summed E-state index contributed by atoms with van der Waals surface area (Å²) in [6, 6.07) is 18.7. The van der Waals surface area contributed by atoms with E-state index < -0.39 is 24.1 Å². The van der Waals surface area contributed by atoms with E-state index in [4.69, 9.17) is 5.73 Å². The summed E-state index contributed by atoms with van der Waals surface area (Å²) in [7, 11) is 0. The minimum absolute atomic E-state index is 0.109. The molecule has 4 rings (SSSR count). The van der Waals surface area contributed by atoms with Crippen LogP contribution in [0.4, 0.5) is 13.2 Å². The van der Waals surface area contributed by atoms with E-state index in [9.17, 15) is 18.0 Å². The van der Waals surface area contributed by atoms with Crippen LogP contribution in [0.5, 0.6) is 5.75 Å². The number of H-pyrrole nitrogens is 1. The number of para-hydroxylation sites is 1. The van der Waals surface area contributed by atoms with Crippen LogP contribution in [0.1, 0.15) is 21.5 Å². The molecule has 34 heavy (non-hydrogen) atoms. The number of fused-ring (bicyclic) bond motifs is 1. The molecule has 4 N–H and O–H groups in total. The zero-order valence-electron chi connectivity index (χ0n) is 18.4. The van der Waals surface area contributed by atoms with E-state index >= 15 is 0 Å². The molecule has 1 aromatic heterocycles. The number of alkyl halides is 3. The second-order valence-electron chi connectivity index (χ2n) is 8.09. The highest BCUT2D eigenvalue weighted by Crippen LogP contribution is 2.31. The highest BCUT2D eigenvalue weighted by Gasteiger charge is 2.33. The first-order valence-corrected chi connectivity index (χ1v) is 10.8. The van der Waals surface area contributed by atoms with E-state index in [0.717, 1.165) is 33.7 Å². The van der Waals surface area contributed by atoms with Crippen LogP contribution in [-0.4, -0.2) is 29.8 Å². The van der Waals surface area contributed by atoms with Gasteiger partial charge >= 0.3 is 6.36 Å². The number of carbonyl (C=O) groups is 1. The lowest BCUT2D eigenvalue weighted by atomic mass is 10.00. The lowest BCUT2D eigenvalue weighted by Gasteiger charge is -2.19. The Morgan fingerprint density at radius 1 is 1.06 bits per heavy atom. The molecule has 1 amide bonds. The van der Waals surface area contributed by atoms with Crippen molar-refractivity contribution in [3.05, 3.63) is 89.6 Å². The van der Waals surface area contributed by atoms with Crippen molar-refractivity contribution in [1.82, 2.24) is 10.3 Å². The number of aromatic amines is 1. The molecule has 0 fully saturated rings. The molecule has 5 nitrogen and oxygen atoms in total. The molecule has 1 atom stereocenters. The average Bonchev–Trinajstić information content (AvgIpc) is 3.21. The van der Waals surface area contributed by atoms with Crippen LogP contribution in [0.2, 0.25) is 0 Å². The molecule has 176 valence electrons. The highest BCUT2D eigenvalue weighted by molar-refractivity contribution is 5.98. The standard InChI is InChI=1S/C26H24F3N3O2/c1-16-6-8-17(9-7-16)18-10-11-24(34-26(27,28)29)22(13-18)25(33)32-20(14-30)12-19-15-31-23-5-3-2-4-21(19)23/h2-11,13,15,20,31H,12,14,30H2,1H3,(H,32,33). The molecule has 8 heteroatoms. The molecule has 0 aliphatic heterocycles. The van der Waals surface area contributed by atoms with Crippen molar-refractivity contribution in [1.29, 1.82) is 0 Å². The monoisotopic (exact) mass is 467 g/mol. The predicted molar refractivity (Wildman–Crippen MR) is 126 cm³/mol. The molecular weight excluding hydrogens is 443 g/mol. The van der Waals surface area contributed by atoms with Crippen molar-refractivity contribution < 1.29 is 22.7 Å². The maximum atomic E-state index is 13.1. The fourth-order valence-corrected chi connectivity index (χ4v) is 3.87. The second-order valence-corrected chi connectivity index (χ2v) is 8.09. The normalized spacial score (nSPS) is 12.5. The lowest BCUT2D eigenvalue weighted by Crippen LogP contribution is -2.42. The van der Waals surface area contributed by atoms with Crippen molar-refractivity contribution in [2.24, 2.45) is 5.73 Å². The highest BCUT2D eigenvalue weighted by atomic mass is 19.4. The Morgan fingerprint density at radius 2 is 1.76 bits per heavy atom. The molecule has 0 saturated heterocycles. The number of hydrogen-bond acceptors (Lipinski definition) is 3. The molecule has 0 radical (unpaired) electrons. The van der Waals surface area contributed by atoms with Crippen molar-refractivity contribution >= 4 is 16.8 Å². The van der Waals surface area contributed by atoms with Crippen LogP contribution in [0, 0.1) is 6.92 Å². The molecule has 0 spiro atoms. The first-order valence-electron chi connectivity index (χ1n) is 10.8. The van der Waals surface area contributed by atoms with Gasteiger partial charge in [-0.05, 0) is 48.2 Å². The summed E-state index contributed by atoms with van der Waals surface area (Å²) < 4.78 is 43.2. The lowest BCUT2D eigenvalue weighted by molar-refractivity contribution is -0.274. The third-order valence-electron chi connectivity index (χ3n) is 5.60. The van der Waals surface area contributed by atoms with Crippen LogP contribution in [0.15, 0.2) is 72.9 Å². The Balaban J connectivity index is 1.62. The topological polar surface area (TPSA) is 80.1 Å². The van der Waals surface area contributed by atoms with Crippen molar-refractivity contribution in [3.63, 3.8) is 0 Å². The predicted octanol–water partition coefficient (Wildman–Crippen LogP) is 5.34. The van der Waals surface area contributed by atoms with E-state index in [1.807, 2.05) is 61.7 Å². The van der Waals surface area contributed by atoms with Gasteiger partial charge in [0.25, 0.3) is 5.91 Å². The third kappa shape index (κ3) is 5.40. The van der Waals surface area contributed by atoms with Crippen LogP contribution in [0.25, 0.3) is 22.0 Å². The molecule has 0 saturated carbocycles. The van der Waals surface area contributed by atoms with Crippen molar-refractivity contribution in [3.8, 4) is 16.9 Å². The maximum absolute atomic E-state index is 13.1. The smallest absolute Gasteiger partial charge is 0.405 e. The average molecular weight is 467 g/mol. The van der Waals surface area contributed by atoms with E-state index in [0.29, 0.717) is 12.0 Å². The second kappa shape index (κ2) is 9.61. The van der Waals surface area contributed by atoms with Crippen molar-refractivity contribution in [2.45, 2.75) is 25.7 Å². The number of hydrogen-bond donors (Lipinski definition) is 3. The molecule has 4 aromatic rings. The molecule has 3 aromatic carbocycles. The number of carbonyl (C=O) groups excluding carboxylic acids is 1. The quantitative estimate of drug-likeness (QED) is 0.343. The van der Waals surface area contributed by atoms with E-state index in [-0.39, 0.29) is 12.1 Å². The van der Waals surface area contributed by atoms with Crippen LogP contribution < -0.4 is 15.8 Å². The van der Waals surface area contributed by atoms with Gasteiger partial charge in [-0.15, -0.1) is 13.2 Å². The number of aromatic nitrogens is 1. The Bertz CT molecular complexity index is 1300. The van der Waals surface area contributed by atoms with E-state index in [1.54, 1.807) is 0 Å². The van der Waals surface area contributed by atoms with Gasteiger partial charge in [-0.2, -0.15) is 0 Å². The van der Waals surface area contributed by atoms with Gasteiger partial charge in [-0.1, -0.05) is 54.1 Å². The molecule has 0 aliphatic carbocycles. The molecule has 0 bridgehead atoms. The number of ether oxygens (including phenoxy) is 1. The fraction of sp³-hybridized carbons (Fsp3) is 0.192. The Labute approximate surface area is 194 Å². The van der Waals surface area contributed by atoms with Crippen molar-refractivity contribution in [2.75, 3.05) is 6.54 Å². The Kier molecular flexibility index (Phi) is 6.61. The Hall–Kier alpha value is -3.78. The van der Waals surface area contributed by atoms with Gasteiger partial charge in [-0.25, -0.2) is 0 Å². The Morgan fingerprint density at radius 3 is 2.47 bits per heavy atom. The summed E-state index contributed by atoms with van der Waals surface area (Å²) in [5, 5.41) is 3.77. The number of rotatable bonds is 7. The number of nitrogens with one attached hydrogen (secondary N) is 2. The first-order chi connectivity index (χ1) is 16.2. The van der Waals surface area contributed by atoms with Gasteiger partial charge < -0.3 is 20.8 Å². The number of aryl methyl sites for hydroxylation is 1. The summed E-state index contributed by atoms with van der Waals surface area (Å²) in [6.07, 6.45) is -2.67. The maximum Gasteiger partial charge on any atom is 0.573 e. The fourth-order valence-electron chi connectivity index (χ4n) is 3.87. The molecule has 0 aliphatic rings. The summed E-state index contributed by atoms with van der Waals surface area (Å²) in [5.41, 5.74) is 10.00. The summed E-state index contributed by atoms with van der Waals surface area (Å²) in [4.78, 5) is 16.3. The summed E-state index contributed by atoms with van der Waals surface area (Å²) in [5.74, 6) is -1.26. The third-order valence-corrected chi connectivity index (χ3v) is 5.60. The summed E-state index contributed by atoms with van der Waals surface area (Å²) in [6.45, 7) is 2.04. The van der Waals surface area contributed by atoms with Gasteiger partial charge in [0.1, 0.15) is 5.75 Å². The van der Waals surface area contributed by atoms with Crippen LogP contribution in [0.3, 0.4) is 0 Å². The number of halogens is 3. The van der Waals surface area contributed by atoms with E-state index in [2.05, 4.69) is 15.0 Å². The zero-order valence-corrected chi connectivity index (χ0v) is 18.4. The molecule has 1 unspecified atom stereocenters. The molecule has 1 heterocycles. The SMILES string of the molecule is Cc1ccc(-c2ccc(OC(F)(F)F)c(C(=O)NC(CN)Cc3c[nH]c4ccccc34)c2)cc1.